The van der Waals surface area contributed by atoms with Crippen LogP contribution in [0.2, 0.25) is 5.02 Å². The molecule has 7 nitrogen and oxygen atoms in total. The van der Waals surface area contributed by atoms with Crippen molar-refractivity contribution in [2.45, 2.75) is 6.92 Å². The third-order valence-electron chi connectivity index (χ3n) is 3.06. The van der Waals surface area contributed by atoms with Gasteiger partial charge < -0.3 is 15.8 Å². The van der Waals surface area contributed by atoms with Gasteiger partial charge in [-0.2, -0.15) is 15.1 Å². The summed E-state index contributed by atoms with van der Waals surface area (Å²) in [7, 11) is 1.58. The van der Waals surface area contributed by atoms with Gasteiger partial charge in [0.05, 0.1) is 24.4 Å². The van der Waals surface area contributed by atoms with Crippen molar-refractivity contribution in [2.75, 3.05) is 18.2 Å². The molecule has 0 spiro atoms. The maximum atomic E-state index is 6.10. The second-order valence-electron chi connectivity index (χ2n) is 4.49. The van der Waals surface area contributed by atoms with E-state index in [1.54, 1.807) is 19.4 Å². The van der Waals surface area contributed by atoms with Crippen LogP contribution in [0.5, 0.6) is 5.75 Å². The summed E-state index contributed by atoms with van der Waals surface area (Å²) >= 11 is 6.10. The standard InChI is InChI=1S/C13H13ClN6O/c1-6-3-9(10(21-2)4-8(6)14)17-11-7-5-16-20-12(7)19-13(15)18-11/h3-5H,1-2H3,(H4,15,16,17,18,19,20). The molecule has 0 atom stereocenters. The fraction of sp³-hybridized carbons (Fsp3) is 0.154. The number of fused-ring (bicyclic) bond motifs is 1. The molecule has 4 N–H and O–H groups in total. The summed E-state index contributed by atoms with van der Waals surface area (Å²) in [5, 5.41) is 11.3. The van der Waals surface area contributed by atoms with Crippen molar-refractivity contribution in [1.29, 1.82) is 0 Å². The van der Waals surface area contributed by atoms with Crippen molar-refractivity contribution in [1.82, 2.24) is 20.2 Å². The Kier molecular flexibility index (Phi) is 3.26. The van der Waals surface area contributed by atoms with E-state index in [0.29, 0.717) is 22.2 Å². The zero-order chi connectivity index (χ0) is 15.0. The third kappa shape index (κ3) is 2.43. The van der Waals surface area contributed by atoms with E-state index in [1.165, 1.54) is 0 Å². The molecule has 0 fully saturated rings. The Morgan fingerprint density at radius 1 is 1.33 bits per heavy atom. The van der Waals surface area contributed by atoms with Crippen molar-refractivity contribution in [3.63, 3.8) is 0 Å². The lowest BCUT2D eigenvalue weighted by Crippen LogP contribution is -2.02. The van der Waals surface area contributed by atoms with E-state index < -0.39 is 0 Å². The molecule has 8 heteroatoms. The van der Waals surface area contributed by atoms with Gasteiger partial charge in [-0.15, -0.1) is 0 Å². The van der Waals surface area contributed by atoms with Gasteiger partial charge >= 0.3 is 0 Å². The molecule has 3 rings (SSSR count). The molecule has 0 saturated heterocycles. The van der Waals surface area contributed by atoms with E-state index in [4.69, 9.17) is 22.1 Å². The summed E-state index contributed by atoms with van der Waals surface area (Å²) in [4.78, 5) is 8.27. The highest BCUT2D eigenvalue weighted by atomic mass is 35.5. The molecule has 1 aromatic carbocycles. The number of ether oxygens (including phenoxy) is 1. The minimum absolute atomic E-state index is 0.152. The molecule has 0 aliphatic rings. The van der Waals surface area contributed by atoms with Crippen molar-refractivity contribution in [3.05, 3.63) is 28.9 Å². The number of halogens is 1. The quantitative estimate of drug-likeness (QED) is 0.687. The number of hydrogen-bond acceptors (Lipinski definition) is 6. The van der Waals surface area contributed by atoms with Crippen LogP contribution in [0, 0.1) is 6.92 Å². The molecule has 0 bridgehead atoms. The molecule has 0 aliphatic carbocycles. The number of hydrogen-bond donors (Lipinski definition) is 3. The van der Waals surface area contributed by atoms with E-state index in [0.717, 1.165) is 16.6 Å². The van der Waals surface area contributed by atoms with Crippen LogP contribution < -0.4 is 15.8 Å². The van der Waals surface area contributed by atoms with Crippen LogP contribution >= 0.6 is 11.6 Å². The largest absolute Gasteiger partial charge is 0.495 e. The molecule has 2 heterocycles. The van der Waals surface area contributed by atoms with E-state index in [2.05, 4.69) is 25.5 Å². The third-order valence-corrected chi connectivity index (χ3v) is 3.47. The number of aromatic amines is 1. The number of methoxy groups -OCH3 is 1. The van der Waals surface area contributed by atoms with Crippen molar-refractivity contribution >= 4 is 40.1 Å². The first-order valence-electron chi connectivity index (χ1n) is 6.16. The molecule has 0 aliphatic heterocycles. The van der Waals surface area contributed by atoms with Crippen LogP contribution in [0.4, 0.5) is 17.5 Å². The van der Waals surface area contributed by atoms with Gasteiger partial charge in [-0.25, -0.2) is 0 Å². The number of rotatable bonds is 3. The Morgan fingerprint density at radius 2 is 2.14 bits per heavy atom. The maximum absolute atomic E-state index is 6.10. The highest BCUT2D eigenvalue weighted by Crippen LogP contribution is 2.34. The molecule has 0 radical (unpaired) electrons. The first-order chi connectivity index (χ1) is 10.1. The number of anilines is 3. The SMILES string of the molecule is COc1cc(Cl)c(C)cc1Nc1nc(N)nc2[nH]ncc12. The fourth-order valence-corrected chi connectivity index (χ4v) is 2.16. The molecule has 21 heavy (non-hydrogen) atoms. The molecule has 3 aromatic rings. The van der Waals surface area contributed by atoms with Crippen LogP contribution in [-0.4, -0.2) is 27.3 Å². The minimum Gasteiger partial charge on any atom is -0.495 e. The lowest BCUT2D eigenvalue weighted by Gasteiger charge is -2.13. The average Bonchev–Trinajstić information content (AvgIpc) is 2.90. The monoisotopic (exact) mass is 304 g/mol. The number of benzene rings is 1. The number of nitrogens with zero attached hydrogens (tertiary/aromatic N) is 3. The number of aromatic nitrogens is 4. The number of nitrogen functional groups attached to an aromatic ring is 1. The molecule has 0 amide bonds. The summed E-state index contributed by atoms with van der Waals surface area (Å²) in [6.45, 7) is 1.91. The van der Waals surface area contributed by atoms with Crippen LogP contribution in [-0.2, 0) is 0 Å². The first kappa shape index (κ1) is 13.4. The van der Waals surface area contributed by atoms with Gasteiger partial charge in [-0.3, -0.25) is 5.10 Å². The van der Waals surface area contributed by atoms with E-state index in [-0.39, 0.29) is 5.95 Å². The highest BCUT2D eigenvalue weighted by molar-refractivity contribution is 6.31. The van der Waals surface area contributed by atoms with E-state index >= 15 is 0 Å². The molecule has 108 valence electrons. The molecule has 2 aromatic heterocycles. The van der Waals surface area contributed by atoms with Gasteiger partial charge in [0, 0.05) is 11.1 Å². The Balaban J connectivity index is 2.10. The second kappa shape index (κ2) is 5.10. The molecular weight excluding hydrogens is 292 g/mol. The predicted molar refractivity (Wildman–Crippen MR) is 82.1 cm³/mol. The van der Waals surface area contributed by atoms with Crippen molar-refractivity contribution in [3.8, 4) is 5.75 Å². The summed E-state index contributed by atoms with van der Waals surface area (Å²) in [6.07, 6.45) is 1.63. The van der Waals surface area contributed by atoms with Crippen LogP contribution in [0.3, 0.4) is 0 Å². The summed E-state index contributed by atoms with van der Waals surface area (Å²) < 4.78 is 5.33. The van der Waals surface area contributed by atoms with Gasteiger partial charge in [0.1, 0.15) is 11.6 Å². The predicted octanol–water partition coefficient (Wildman–Crippen LogP) is 2.65. The number of aryl methyl sites for hydroxylation is 1. The van der Waals surface area contributed by atoms with Crippen LogP contribution in [0.25, 0.3) is 11.0 Å². The first-order valence-corrected chi connectivity index (χ1v) is 6.54. The van der Waals surface area contributed by atoms with Gasteiger partial charge in [-0.05, 0) is 18.6 Å². The Labute approximate surface area is 125 Å². The summed E-state index contributed by atoms with van der Waals surface area (Å²) in [5.74, 6) is 1.31. The van der Waals surface area contributed by atoms with E-state index in [9.17, 15) is 0 Å². The minimum atomic E-state index is 0.152. The normalized spacial score (nSPS) is 10.8. The van der Waals surface area contributed by atoms with Gasteiger partial charge in [0.15, 0.2) is 5.65 Å². The zero-order valence-electron chi connectivity index (χ0n) is 11.4. The number of H-pyrrole nitrogens is 1. The fourth-order valence-electron chi connectivity index (χ4n) is 2.00. The summed E-state index contributed by atoms with van der Waals surface area (Å²) in [5.41, 5.74) is 7.92. The smallest absolute Gasteiger partial charge is 0.224 e. The lowest BCUT2D eigenvalue weighted by molar-refractivity contribution is 0.416. The highest BCUT2D eigenvalue weighted by Gasteiger charge is 2.12. The maximum Gasteiger partial charge on any atom is 0.224 e. The van der Waals surface area contributed by atoms with Crippen molar-refractivity contribution < 1.29 is 4.74 Å². The number of nitrogens with one attached hydrogen (secondary N) is 2. The van der Waals surface area contributed by atoms with Gasteiger partial charge in [0.2, 0.25) is 5.95 Å². The second-order valence-corrected chi connectivity index (χ2v) is 4.90. The average molecular weight is 305 g/mol. The van der Waals surface area contributed by atoms with Gasteiger partial charge in [0.25, 0.3) is 0 Å². The Bertz CT molecular complexity index is 816. The Hall–Kier alpha value is -2.54. The van der Waals surface area contributed by atoms with Crippen LogP contribution in [0.15, 0.2) is 18.3 Å². The summed E-state index contributed by atoms with van der Waals surface area (Å²) in [6, 6.07) is 3.63. The lowest BCUT2D eigenvalue weighted by atomic mass is 10.2. The van der Waals surface area contributed by atoms with Crippen LogP contribution in [0.1, 0.15) is 5.56 Å². The molecule has 0 saturated carbocycles. The zero-order valence-corrected chi connectivity index (χ0v) is 12.2. The topological polar surface area (TPSA) is 102 Å². The molecule has 0 unspecified atom stereocenters. The van der Waals surface area contributed by atoms with Gasteiger partial charge in [-0.1, -0.05) is 11.6 Å². The van der Waals surface area contributed by atoms with Crippen molar-refractivity contribution in [2.24, 2.45) is 0 Å². The Morgan fingerprint density at radius 3 is 2.90 bits per heavy atom. The van der Waals surface area contributed by atoms with E-state index in [1.807, 2.05) is 13.0 Å². The number of nitrogens with two attached hydrogens (primary N) is 1. The molecular formula is C13H13ClN6O.